The first-order valence-corrected chi connectivity index (χ1v) is 8.42. The number of carbonyl (C=O) groups excluding carboxylic acids is 1. The average Bonchev–Trinajstić information content (AvgIpc) is 3.01. The fourth-order valence-corrected chi connectivity index (χ4v) is 3.66. The van der Waals surface area contributed by atoms with Gasteiger partial charge in [0, 0.05) is 11.5 Å². The number of hydrogen-bond donors (Lipinski definition) is 1. The zero-order valence-electron chi connectivity index (χ0n) is 10.8. The van der Waals surface area contributed by atoms with Gasteiger partial charge in [-0.1, -0.05) is 39.0 Å². The molecule has 0 radical (unpaired) electrons. The van der Waals surface area contributed by atoms with Crippen LogP contribution in [0.15, 0.2) is 27.8 Å². The average molecular weight is 385 g/mol. The second-order valence-corrected chi connectivity index (χ2v) is 6.94. The summed E-state index contributed by atoms with van der Waals surface area (Å²) in [6, 6.07) is 5.80. The van der Waals surface area contributed by atoms with Crippen LogP contribution < -0.4 is 5.32 Å². The number of aromatic nitrogens is 5. The van der Waals surface area contributed by atoms with Gasteiger partial charge in [0.05, 0.1) is 16.0 Å². The number of thiazole rings is 1. The topological polar surface area (TPSA) is 85.6 Å². The van der Waals surface area contributed by atoms with E-state index in [1.807, 2.05) is 18.2 Å². The highest BCUT2D eigenvalue weighted by Crippen LogP contribution is 2.28. The number of nitrogens with one attached hydrogen (secondary N) is 1. The Balaban J connectivity index is 1.64. The van der Waals surface area contributed by atoms with Gasteiger partial charge in [-0.2, -0.15) is 0 Å². The highest BCUT2D eigenvalue weighted by molar-refractivity contribution is 9.10. The SMILES string of the molecule is Cn1nnnc1SCC(=O)Nc1nc2ccc(Br)cc2s1. The van der Waals surface area contributed by atoms with Crippen molar-refractivity contribution >= 4 is 60.3 Å². The van der Waals surface area contributed by atoms with Crippen LogP contribution in [0.25, 0.3) is 10.2 Å². The number of carbonyl (C=O) groups is 1. The van der Waals surface area contributed by atoms with E-state index >= 15 is 0 Å². The van der Waals surface area contributed by atoms with Crippen LogP contribution in [-0.4, -0.2) is 36.9 Å². The summed E-state index contributed by atoms with van der Waals surface area (Å²) < 4.78 is 3.53. The zero-order chi connectivity index (χ0) is 14.8. The number of thioether (sulfide) groups is 1. The molecule has 0 saturated carbocycles. The molecule has 0 aliphatic rings. The standard InChI is InChI=1S/C11H9BrN6OS2/c1-18-11(15-16-17-18)20-5-9(19)14-10-13-7-3-2-6(12)4-8(7)21-10/h2-4H,5H2,1H3,(H,13,14,19). The maximum Gasteiger partial charge on any atom is 0.236 e. The first-order valence-electron chi connectivity index (χ1n) is 5.83. The molecular formula is C11H9BrN6OS2. The van der Waals surface area contributed by atoms with Gasteiger partial charge in [0.1, 0.15) is 0 Å². The molecule has 2 heterocycles. The number of tetrazole rings is 1. The Morgan fingerprint density at radius 1 is 1.52 bits per heavy atom. The summed E-state index contributed by atoms with van der Waals surface area (Å²) in [6.45, 7) is 0. The van der Waals surface area contributed by atoms with Gasteiger partial charge >= 0.3 is 0 Å². The van der Waals surface area contributed by atoms with Gasteiger partial charge in [-0.15, -0.1) is 5.10 Å². The maximum absolute atomic E-state index is 11.9. The molecule has 0 aliphatic carbocycles. The first-order chi connectivity index (χ1) is 10.1. The van der Waals surface area contributed by atoms with Crippen molar-refractivity contribution in [3.8, 4) is 0 Å². The number of anilines is 1. The lowest BCUT2D eigenvalue weighted by atomic mass is 10.3. The Bertz CT molecular complexity index is 801. The van der Waals surface area contributed by atoms with E-state index in [0.717, 1.165) is 14.7 Å². The molecule has 108 valence electrons. The lowest BCUT2D eigenvalue weighted by Crippen LogP contribution is -2.14. The molecule has 2 aromatic heterocycles. The third kappa shape index (κ3) is 3.39. The number of hydrogen-bond acceptors (Lipinski definition) is 7. The maximum atomic E-state index is 11.9. The van der Waals surface area contributed by atoms with Crippen molar-refractivity contribution in [3.63, 3.8) is 0 Å². The summed E-state index contributed by atoms with van der Waals surface area (Å²) in [7, 11) is 1.73. The van der Waals surface area contributed by atoms with E-state index in [1.165, 1.54) is 27.8 Å². The molecule has 0 fully saturated rings. The number of rotatable bonds is 4. The molecule has 1 N–H and O–H groups in total. The highest BCUT2D eigenvalue weighted by Gasteiger charge is 2.10. The molecule has 3 rings (SSSR count). The van der Waals surface area contributed by atoms with Crippen LogP contribution in [0.3, 0.4) is 0 Å². The number of nitrogens with zero attached hydrogens (tertiary/aromatic N) is 5. The second-order valence-electron chi connectivity index (χ2n) is 4.05. The molecule has 7 nitrogen and oxygen atoms in total. The van der Waals surface area contributed by atoms with Crippen LogP contribution in [0.4, 0.5) is 5.13 Å². The minimum absolute atomic E-state index is 0.138. The van der Waals surface area contributed by atoms with E-state index < -0.39 is 0 Å². The monoisotopic (exact) mass is 384 g/mol. The van der Waals surface area contributed by atoms with Crippen molar-refractivity contribution in [2.75, 3.05) is 11.1 Å². The lowest BCUT2D eigenvalue weighted by molar-refractivity contribution is -0.113. The molecule has 0 atom stereocenters. The Kier molecular flexibility index (Phi) is 4.17. The summed E-state index contributed by atoms with van der Waals surface area (Å²) in [5, 5.41) is 15.0. The summed E-state index contributed by atoms with van der Waals surface area (Å²) in [5.41, 5.74) is 0.864. The smallest absolute Gasteiger partial charge is 0.236 e. The molecule has 21 heavy (non-hydrogen) atoms. The van der Waals surface area contributed by atoms with E-state index in [-0.39, 0.29) is 11.7 Å². The van der Waals surface area contributed by atoms with Crippen LogP contribution in [0.5, 0.6) is 0 Å². The second kappa shape index (κ2) is 6.08. The first kappa shape index (κ1) is 14.4. The van der Waals surface area contributed by atoms with Crippen molar-refractivity contribution in [1.82, 2.24) is 25.2 Å². The predicted octanol–water partition coefficient (Wildman–Crippen LogP) is 2.31. The molecule has 0 saturated heterocycles. The molecule has 0 aliphatic heterocycles. The molecule has 1 amide bonds. The van der Waals surface area contributed by atoms with E-state index in [0.29, 0.717) is 10.3 Å². The molecular weight excluding hydrogens is 376 g/mol. The lowest BCUT2D eigenvalue weighted by Gasteiger charge is -2.00. The van der Waals surface area contributed by atoms with Gasteiger partial charge in [-0.3, -0.25) is 4.79 Å². The number of fused-ring (bicyclic) bond motifs is 1. The number of halogens is 1. The van der Waals surface area contributed by atoms with Gasteiger partial charge in [-0.05, 0) is 28.6 Å². The van der Waals surface area contributed by atoms with Crippen molar-refractivity contribution in [3.05, 3.63) is 22.7 Å². The zero-order valence-corrected chi connectivity index (χ0v) is 14.0. The van der Waals surface area contributed by atoms with Crippen molar-refractivity contribution in [2.24, 2.45) is 7.05 Å². The van der Waals surface area contributed by atoms with E-state index in [1.54, 1.807) is 7.05 Å². The van der Waals surface area contributed by atoms with Gasteiger partial charge in [0.15, 0.2) is 5.13 Å². The predicted molar refractivity (Wildman–Crippen MR) is 85.5 cm³/mol. The van der Waals surface area contributed by atoms with Crippen LogP contribution in [0.1, 0.15) is 0 Å². The minimum atomic E-state index is -0.138. The Hall–Kier alpha value is -1.52. The van der Waals surface area contributed by atoms with Crippen molar-refractivity contribution < 1.29 is 4.79 Å². The Morgan fingerprint density at radius 2 is 2.38 bits per heavy atom. The van der Waals surface area contributed by atoms with Crippen LogP contribution >= 0.6 is 39.0 Å². The normalized spacial score (nSPS) is 11.0. The van der Waals surface area contributed by atoms with Gasteiger partial charge in [-0.25, -0.2) is 9.67 Å². The van der Waals surface area contributed by atoms with E-state index in [4.69, 9.17) is 0 Å². The fraction of sp³-hybridized carbons (Fsp3) is 0.182. The molecule has 0 spiro atoms. The molecule has 3 aromatic rings. The number of amides is 1. The van der Waals surface area contributed by atoms with E-state index in [9.17, 15) is 4.79 Å². The molecule has 0 bridgehead atoms. The third-order valence-electron chi connectivity index (χ3n) is 2.51. The quantitative estimate of drug-likeness (QED) is 0.694. The largest absolute Gasteiger partial charge is 0.301 e. The van der Waals surface area contributed by atoms with Crippen molar-refractivity contribution in [2.45, 2.75) is 5.16 Å². The van der Waals surface area contributed by atoms with Crippen LogP contribution in [0.2, 0.25) is 0 Å². The van der Waals surface area contributed by atoms with Gasteiger partial charge < -0.3 is 5.32 Å². The van der Waals surface area contributed by atoms with E-state index in [2.05, 4.69) is 41.8 Å². The van der Waals surface area contributed by atoms with Gasteiger partial charge in [0.25, 0.3) is 0 Å². The summed E-state index contributed by atoms with van der Waals surface area (Å²) in [5.74, 6) is 0.0921. The Morgan fingerprint density at radius 3 is 3.14 bits per heavy atom. The summed E-state index contributed by atoms with van der Waals surface area (Å²) in [6.07, 6.45) is 0. The molecule has 0 unspecified atom stereocenters. The Labute approximate surface area is 136 Å². The minimum Gasteiger partial charge on any atom is -0.301 e. The highest BCUT2D eigenvalue weighted by atomic mass is 79.9. The van der Waals surface area contributed by atoms with Crippen LogP contribution in [0, 0.1) is 0 Å². The molecule has 1 aromatic carbocycles. The van der Waals surface area contributed by atoms with Crippen LogP contribution in [-0.2, 0) is 11.8 Å². The summed E-state index contributed by atoms with van der Waals surface area (Å²) in [4.78, 5) is 16.3. The fourth-order valence-electron chi connectivity index (χ4n) is 1.58. The number of benzene rings is 1. The summed E-state index contributed by atoms with van der Waals surface area (Å²) >= 11 is 6.13. The third-order valence-corrected chi connectivity index (χ3v) is 4.95. The van der Waals surface area contributed by atoms with Crippen molar-refractivity contribution in [1.29, 1.82) is 0 Å². The van der Waals surface area contributed by atoms with Gasteiger partial charge in [0.2, 0.25) is 11.1 Å². The molecule has 10 heteroatoms. The number of aryl methyl sites for hydroxylation is 1.